The molecule has 0 saturated heterocycles. The number of aliphatic hydroxyl groups is 2. The molecule has 7 heteroatoms. The molecule has 0 rings (SSSR count). The highest BCUT2D eigenvalue weighted by atomic mass is 16.6. The van der Waals surface area contributed by atoms with E-state index >= 15 is 0 Å². The van der Waals surface area contributed by atoms with Crippen molar-refractivity contribution < 1.29 is 33.9 Å². The zero-order valence-corrected chi connectivity index (χ0v) is 21.5. The fourth-order valence-electron chi connectivity index (χ4n) is 3.47. The van der Waals surface area contributed by atoms with E-state index in [9.17, 15) is 5.11 Å². The Bertz CT molecular complexity index is 345. The lowest BCUT2D eigenvalue weighted by Crippen LogP contribution is -2.18. The molecule has 0 amide bonds. The summed E-state index contributed by atoms with van der Waals surface area (Å²) in [6.45, 7) is 7.10. The third-order valence-corrected chi connectivity index (χ3v) is 5.42. The van der Waals surface area contributed by atoms with Crippen LogP contribution in [-0.4, -0.2) is 89.0 Å². The van der Waals surface area contributed by atoms with Gasteiger partial charge in [0.25, 0.3) is 0 Å². The molecule has 0 aromatic carbocycles. The lowest BCUT2D eigenvalue weighted by atomic mass is 10.0. The molecule has 7 nitrogen and oxygen atoms in total. The van der Waals surface area contributed by atoms with Gasteiger partial charge in [-0.3, -0.25) is 0 Å². The molecule has 1 unspecified atom stereocenters. The van der Waals surface area contributed by atoms with Gasteiger partial charge in [-0.25, -0.2) is 0 Å². The van der Waals surface area contributed by atoms with E-state index in [2.05, 4.69) is 6.92 Å². The Morgan fingerprint density at radius 1 is 0.485 bits per heavy atom. The van der Waals surface area contributed by atoms with Crippen LogP contribution in [0.15, 0.2) is 0 Å². The van der Waals surface area contributed by atoms with E-state index in [1.165, 1.54) is 70.6 Å². The molecule has 0 radical (unpaired) electrons. The quantitative estimate of drug-likeness (QED) is 0.153. The van der Waals surface area contributed by atoms with E-state index in [0.29, 0.717) is 66.1 Å². The van der Waals surface area contributed by atoms with E-state index in [-0.39, 0.29) is 12.7 Å². The van der Waals surface area contributed by atoms with Crippen molar-refractivity contribution in [2.24, 2.45) is 0 Å². The highest BCUT2D eigenvalue weighted by molar-refractivity contribution is 4.55. The predicted octanol–water partition coefficient (Wildman–Crippen LogP) is 4.51. The van der Waals surface area contributed by atoms with Crippen molar-refractivity contribution in [3.63, 3.8) is 0 Å². The molecule has 33 heavy (non-hydrogen) atoms. The topological polar surface area (TPSA) is 86.6 Å². The monoisotopic (exact) mass is 478 g/mol. The Morgan fingerprint density at radius 2 is 0.848 bits per heavy atom. The second kappa shape index (κ2) is 29.8. The van der Waals surface area contributed by atoms with Gasteiger partial charge in [-0.2, -0.15) is 0 Å². The molecule has 0 heterocycles. The standard InChI is InChI=1S/C26H54O7/c1-2-3-4-5-6-7-8-9-10-11-12-13-14-26(28)25-33-24-23-32-22-21-31-20-19-30-18-17-29-16-15-27/h26-28H,2-25H2,1H3. The molecular weight excluding hydrogens is 424 g/mol. The molecule has 0 saturated carbocycles. The molecule has 0 aliphatic carbocycles. The van der Waals surface area contributed by atoms with Gasteiger partial charge in [0.1, 0.15) is 0 Å². The maximum absolute atomic E-state index is 10.00. The minimum Gasteiger partial charge on any atom is -0.394 e. The summed E-state index contributed by atoms with van der Waals surface area (Å²) in [5.41, 5.74) is 0. The van der Waals surface area contributed by atoms with Gasteiger partial charge in [-0.05, 0) is 6.42 Å². The van der Waals surface area contributed by atoms with Gasteiger partial charge in [-0.1, -0.05) is 84.0 Å². The van der Waals surface area contributed by atoms with Crippen LogP contribution in [0.1, 0.15) is 90.4 Å². The van der Waals surface area contributed by atoms with Crippen LogP contribution in [0.25, 0.3) is 0 Å². The van der Waals surface area contributed by atoms with E-state index < -0.39 is 0 Å². The number of hydrogen-bond acceptors (Lipinski definition) is 7. The van der Waals surface area contributed by atoms with Crippen molar-refractivity contribution >= 4 is 0 Å². The first-order chi connectivity index (χ1) is 16.3. The van der Waals surface area contributed by atoms with E-state index in [4.69, 9.17) is 28.8 Å². The van der Waals surface area contributed by atoms with Crippen molar-refractivity contribution in [1.29, 1.82) is 0 Å². The third-order valence-electron chi connectivity index (χ3n) is 5.42. The largest absolute Gasteiger partial charge is 0.394 e. The van der Waals surface area contributed by atoms with Crippen LogP contribution in [0.3, 0.4) is 0 Å². The summed E-state index contributed by atoms with van der Waals surface area (Å²) >= 11 is 0. The Kier molecular flexibility index (Phi) is 29.5. The van der Waals surface area contributed by atoms with Gasteiger partial charge < -0.3 is 33.9 Å². The number of ether oxygens (including phenoxy) is 5. The minimum absolute atomic E-state index is 0.0359. The lowest BCUT2D eigenvalue weighted by Gasteiger charge is -2.11. The summed E-state index contributed by atoms with van der Waals surface area (Å²) in [4.78, 5) is 0. The Hall–Kier alpha value is -0.280. The molecule has 2 N–H and O–H groups in total. The summed E-state index contributed by atoms with van der Waals surface area (Å²) in [6, 6.07) is 0. The molecule has 0 spiro atoms. The van der Waals surface area contributed by atoms with E-state index in [0.717, 1.165) is 12.8 Å². The molecule has 0 aliphatic heterocycles. The smallest absolute Gasteiger partial charge is 0.0773 e. The average molecular weight is 479 g/mol. The molecule has 0 aliphatic rings. The second-order valence-corrected chi connectivity index (χ2v) is 8.58. The van der Waals surface area contributed by atoms with Gasteiger partial charge >= 0.3 is 0 Å². The Balaban J connectivity index is 3.13. The van der Waals surface area contributed by atoms with Crippen LogP contribution in [-0.2, 0) is 23.7 Å². The fraction of sp³-hybridized carbons (Fsp3) is 1.00. The van der Waals surface area contributed by atoms with Crippen LogP contribution in [0.5, 0.6) is 0 Å². The third kappa shape index (κ3) is 29.7. The normalized spacial score (nSPS) is 12.5. The van der Waals surface area contributed by atoms with Gasteiger partial charge in [0, 0.05) is 0 Å². The summed E-state index contributed by atoms with van der Waals surface area (Å²) in [7, 11) is 0. The fourth-order valence-corrected chi connectivity index (χ4v) is 3.47. The molecule has 1 atom stereocenters. The molecule has 0 aromatic rings. The molecule has 0 aromatic heterocycles. The van der Waals surface area contributed by atoms with Crippen LogP contribution in [0, 0.1) is 0 Å². The van der Waals surface area contributed by atoms with Crippen LogP contribution < -0.4 is 0 Å². The Morgan fingerprint density at radius 3 is 1.27 bits per heavy atom. The van der Waals surface area contributed by atoms with Gasteiger partial charge in [0.05, 0.1) is 78.8 Å². The summed E-state index contributed by atoms with van der Waals surface area (Å²) in [5.74, 6) is 0. The summed E-state index contributed by atoms with van der Waals surface area (Å²) < 4.78 is 26.7. The van der Waals surface area contributed by atoms with Gasteiger partial charge in [-0.15, -0.1) is 0 Å². The summed E-state index contributed by atoms with van der Waals surface area (Å²) in [5, 5.41) is 18.6. The lowest BCUT2D eigenvalue weighted by molar-refractivity contribution is -0.0229. The average Bonchev–Trinajstić information content (AvgIpc) is 2.82. The van der Waals surface area contributed by atoms with Crippen molar-refractivity contribution in [3.8, 4) is 0 Å². The van der Waals surface area contributed by atoms with Crippen LogP contribution >= 0.6 is 0 Å². The van der Waals surface area contributed by atoms with Crippen molar-refractivity contribution in [3.05, 3.63) is 0 Å². The maximum atomic E-state index is 10.00. The van der Waals surface area contributed by atoms with Crippen molar-refractivity contribution in [2.75, 3.05) is 72.7 Å². The van der Waals surface area contributed by atoms with Crippen molar-refractivity contribution in [1.82, 2.24) is 0 Å². The predicted molar refractivity (Wildman–Crippen MR) is 133 cm³/mol. The number of rotatable bonds is 29. The van der Waals surface area contributed by atoms with Crippen LogP contribution in [0.2, 0.25) is 0 Å². The first-order valence-electron chi connectivity index (χ1n) is 13.5. The SMILES string of the molecule is CCCCCCCCCCCCCCC(O)COCCOCCOCCOCCOCCO. The minimum atomic E-state index is -0.370. The first kappa shape index (κ1) is 32.7. The number of hydrogen-bond donors (Lipinski definition) is 2. The zero-order valence-electron chi connectivity index (χ0n) is 21.5. The molecule has 0 fully saturated rings. The van der Waals surface area contributed by atoms with E-state index in [1.54, 1.807) is 0 Å². The Labute approximate surface area is 203 Å². The maximum Gasteiger partial charge on any atom is 0.0773 e. The van der Waals surface area contributed by atoms with E-state index in [1.807, 2.05) is 0 Å². The van der Waals surface area contributed by atoms with Gasteiger partial charge in [0.2, 0.25) is 0 Å². The van der Waals surface area contributed by atoms with Gasteiger partial charge in [0.15, 0.2) is 0 Å². The highest BCUT2D eigenvalue weighted by Crippen LogP contribution is 2.13. The summed E-state index contributed by atoms with van der Waals surface area (Å²) in [6.07, 6.45) is 16.4. The number of aliphatic hydroxyl groups excluding tert-OH is 2. The number of unbranched alkanes of at least 4 members (excludes halogenated alkanes) is 11. The van der Waals surface area contributed by atoms with Crippen molar-refractivity contribution in [2.45, 2.75) is 96.5 Å². The molecule has 0 bridgehead atoms. The second-order valence-electron chi connectivity index (χ2n) is 8.58. The molecule has 200 valence electrons. The van der Waals surface area contributed by atoms with Crippen LogP contribution in [0.4, 0.5) is 0 Å². The highest BCUT2D eigenvalue weighted by Gasteiger charge is 2.04. The molecular formula is C26H54O7. The zero-order chi connectivity index (χ0) is 24.1. The first-order valence-corrected chi connectivity index (χ1v) is 13.5.